The fourth-order valence-corrected chi connectivity index (χ4v) is 3.32. The van der Waals surface area contributed by atoms with Gasteiger partial charge in [0.1, 0.15) is 0 Å². The van der Waals surface area contributed by atoms with Gasteiger partial charge in [-0.3, -0.25) is 4.79 Å². The Morgan fingerprint density at radius 3 is 2.64 bits per heavy atom. The highest BCUT2D eigenvalue weighted by Gasteiger charge is 2.28. The van der Waals surface area contributed by atoms with Crippen LogP contribution in [-0.4, -0.2) is 25.0 Å². The smallest absolute Gasteiger partial charge is 0.224 e. The van der Waals surface area contributed by atoms with Crippen molar-refractivity contribution in [1.29, 1.82) is 0 Å². The molecule has 132 valence electrons. The van der Waals surface area contributed by atoms with Crippen LogP contribution in [0.15, 0.2) is 42.5 Å². The maximum absolute atomic E-state index is 13.6. The van der Waals surface area contributed by atoms with Crippen LogP contribution in [0.25, 0.3) is 0 Å². The van der Waals surface area contributed by atoms with Crippen LogP contribution in [0.5, 0.6) is 0 Å². The zero-order chi connectivity index (χ0) is 17.8. The predicted molar refractivity (Wildman–Crippen MR) is 93.7 cm³/mol. The van der Waals surface area contributed by atoms with E-state index in [2.05, 4.69) is 10.6 Å². The molecular weight excluding hydrogens is 346 g/mol. The van der Waals surface area contributed by atoms with E-state index in [0.29, 0.717) is 17.1 Å². The van der Waals surface area contributed by atoms with E-state index in [1.165, 1.54) is 6.07 Å². The molecule has 1 aliphatic rings. The molecule has 0 bridgehead atoms. The summed E-state index contributed by atoms with van der Waals surface area (Å²) >= 11 is 5.85. The third-order valence-corrected chi connectivity index (χ3v) is 4.73. The van der Waals surface area contributed by atoms with Gasteiger partial charge in [-0.2, -0.15) is 0 Å². The standard InChI is InChI=1S/C19H19ClF2N2O/c20-14-4-1-12(2-5-14)9-19(25)24-18-11-23-8-7-15(18)13-3-6-16(21)17(22)10-13/h1-6,10,15,18,23H,7-9,11H2,(H,24,25). The number of piperidine rings is 1. The lowest BCUT2D eigenvalue weighted by Gasteiger charge is -2.33. The molecule has 0 radical (unpaired) electrons. The van der Waals surface area contributed by atoms with Gasteiger partial charge < -0.3 is 10.6 Å². The van der Waals surface area contributed by atoms with Gasteiger partial charge in [-0.15, -0.1) is 0 Å². The molecule has 6 heteroatoms. The number of amides is 1. The first-order chi connectivity index (χ1) is 12.0. The molecule has 2 aromatic carbocycles. The third-order valence-electron chi connectivity index (χ3n) is 4.48. The summed E-state index contributed by atoms with van der Waals surface area (Å²) in [5.41, 5.74) is 1.58. The number of halogens is 3. The lowest BCUT2D eigenvalue weighted by molar-refractivity contribution is -0.121. The molecule has 2 atom stereocenters. The van der Waals surface area contributed by atoms with E-state index in [9.17, 15) is 13.6 Å². The lowest BCUT2D eigenvalue weighted by atomic mass is 9.86. The monoisotopic (exact) mass is 364 g/mol. The number of carbonyl (C=O) groups excluding carboxylic acids is 1. The highest BCUT2D eigenvalue weighted by atomic mass is 35.5. The van der Waals surface area contributed by atoms with E-state index in [0.717, 1.165) is 24.6 Å². The van der Waals surface area contributed by atoms with Crippen molar-refractivity contribution in [1.82, 2.24) is 10.6 Å². The molecule has 1 heterocycles. The lowest BCUT2D eigenvalue weighted by Crippen LogP contribution is -2.50. The van der Waals surface area contributed by atoms with Gasteiger partial charge in [-0.05, 0) is 48.4 Å². The van der Waals surface area contributed by atoms with Crippen molar-refractivity contribution in [3.05, 3.63) is 70.2 Å². The Balaban J connectivity index is 1.69. The normalized spacial score (nSPS) is 20.3. The minimum Gasteiger partial charge on any atom is -0.351 e. The number of hydrogen-bond acceptors (Lipinski definition) is 2. The Morgan fingerprint density at radius 2 is 1.92 bits per heavy atom. The summed E-state index contributed by atoms with van der Waals surface area (Å²) in [6.45, 7) is 1.36. The van der Waals surface area contributed by atoms with Crippen LogP contribution >= 0.6 is 11.6 Å². The van der Waals surface area contributed by atoms with Gasteiger partial charge in [0.05, 0.1) is 6.42 Å². The van der Waals surface area contributed by atoms with Gasteiger partial charge in [0.25, 0.3) is 0 Å². The van der Waals surface area contributed by atoms with Crippen molar-refractivity contribution in [3.63, 3.8) is 0 Å². The fourth-order valence-electron chi connectivity index (χ4n) is 3.20. The van der Waals surface area contributed by atoms with Crippen molar-refractivity contribution in [2.75, 3.05) is 13.1 Å². The molecule has 2 N–H and O–H groups in total. The Hall–Kier alpha value is -1.98. The average molecular weight is 365 g/mol. The molecule has 1 fully saturated rings. The van der Waals surface area contributed by atoms with E-state index in [1.807, 2.05) is 12.1 Å². The Morgan fingerprint density at radius 1 is 1.16 bits per heavy atom. The molecule has 1 aliphatic heterocycles. The summed E-state index contributed by atoms with van der Waals surface area (Å²) in [5.74, 6) is -1.88. The summed E-state index contributed by atoms with van der Waals surface area (Å²) in [5, 5.41) is 6.88. The molecule has 25 heavy (non-hydrogen) atoms. The van der Waals surface area contributed by atoms with E-state index < -0.39 is 11.6 Å². The summed E-state index contributed by atoms with van der Waals surface area (Å²) in [6, 6.07) is 10.9. The molecule has 3 rings (SSSR count). The van der Waals surface area contributed by atoms with Crippen molar-refractivity contribution in [2.45, 2.75) is 24.8 Å². The molecular formula is C19H19ClF2N2O. The molecule has 3 nitrogen and oxygen atoms in total. The zero-order valence-electron chi connectivity index (χ0n) is 13.6. The summed E-state index contributed by atoms with van der Waals surface area (Å²) < 4.78 is 26.7. The van der Waals surface area contributed by atoms with Crippen molar-refractivity contribution < 1.29 is 13.6 Å². The number of nitrogens with one attached hydrogen (secondary N) is 2. The average Bonchev–Trinajstić information content (AvgIpc) is 2.60. The molecule has 0 saturated carbocycles. The predicted octanol–water partition coefficient (Wildman–Crippen LogP) is 3.42. The Labute approximate surface area is 150 Å². The minimum absolute atomic E-state index is 0.0504. The first-order valence-corrected chi connectivity index (χ1v) is 8.60. The summed E-state index contributed by atoms with van der Waals surface area (Å²) in [7, 11) is 0. The summed E-state index contributed by atoms with van der Waals surface area (Å²) in [4.78, 5) is 12.4. The number of hydrogen-bond donors (Lipinski definition) is 2. The van der Waals surface area contributed by atoms with Gasteiger partial charge >= 0.3 is 0 Å². The van der Waals surface area contributed by atoms with Crippen LogP contribution in [0.2, 0.25) is 5.02 Å². The second-order valence-corrected chi connectivity index (χ2v) is 6.69. The van der Waals surface area contributed by atoms with Crippen LogP contribution in [-0.2, 0) is 11.2 Å². The maximum atomic E-state index is 13.6. The molecule has 1 amide bonds. The zero-order valence-corrected chi connectivity index (χ0v) is 14.3. The Bertz CT molecular complexity index is 752. The van der Waals surface area contributed by atoms with Crippen LogP contribution in [0, 0.1) is 11.6 Å². The SMILES string of the molecule is O=C(Cc1ccc(Cl)cc1)NC1CNCCC1c1ccc(F)c(F)c1. The van der Waals surface area contributed by atoms with E-state index in [1.54, 1.807) is 18.2 Å². The van der Waals surface area contributed by atoms with Crippen LogP contribution < -0.4 is 10.6 Å². The van der Waals surface area contributed by atoms with Gasteiger partial charge in [0.2, 0.25) is 5.91 Å². The van der Waals surface area contributed by atoms with E-state index in [-0.39, 0.29) is 24.3 Å². The van der Waals surface area contributed by atoms with Gasteiger partial charge in [-0.25, -0.2) is 8.78 Å². The Kier molecular flexibility index (Phi) is 5.66. The molecule has 0 spiro atoms. The quantitative estimate of drug-likeness (QED) is 0.872. The number of carbonyl (C=O) groups is 1. The maximum Gasteiger partial charge on any atom is 0.224 e. The van der Waals surface area contributed by atoms with Crippen molar-refractivity contribution in [2.24, 2.45) is 0 Å². The van der Waals surface area contributed by atoms with E-state index >= 15 is 0 Å². The number of rotatable bonds is 4. The van der Waals surface area contributed by atoms with Crippen LogP contribution in [0.4, 0.5) is 8.78 Å². The molecule has 2 aromatic rings. The van der Waals surface area contributed by atoms with Crippen LogP contribution in [0.1, 0.15) is 23.5 Å². The van der Waals surface area contributed by atoms with Gasteiger partial charge in [-0.1, -0.05) is 29.8 Å². The largest absolute Gasteiger partial charge is 0.351 e. The fraction of sp³-hybridized carbons (Fsp3) is 0.316. The highest BCUT2D eigenvalue weighted by Crippen LogP contribution is 2.27. The molecule has 1 saturated heterocycles. The molecule has 0 aliphatic carbocycles. The third kappa shape index (κ3) is 4.55. The van der Waals surface area contributed by atoms with Crippen molar-refractivity contribution >= 4 is 17.5 Å². The summed E-state index contributed by atoms with van der Waals surface area (Å²) in [6.07, 6.45) is 0.995. The highest BCUT2D eigenvalue weighted by molar-refractivity contribution is 6.30. The second kappa shape index (κ2) is 7.93. The molecule has 2 unspecified atom stereocenters. The second-order valence-electron chi connectivity index (χ2n) is 6.25. The molecule has 0 aromatic heterocycles. The first kappa shape index (κ1) is 17.8. The topological polar surface area (TPSA) is 41.1 Å². The number of benzene rings is 2. The van der Waals surface area contributed by atoms with Gasteiger partial charge in [0.15, 0.2) is 11.6 Å². The first-order valence-electron chi connectivity index (χ1n) is 8.22. The van der Waals surface area contributed by atoms with E-state index in [4.69, 9.17) is 11.6 Å². The van der Waals surface area contributed by atoms with Crippen LogP contribution in [0.3, 0.4) is 0 Å². The minimum atomic E-state index is -0.860. The van der Waals surface area contributed by atoms with Gasteiger partial charge in [0, 0.05) is 23.5 Å². The van der Waals surface area contributed by atoms with Crippen molar-refractivity contribution in [3.8, 4) is 0 Å².